The van der Waals surface area contributed by atoms with E-state index in [1.807, 2.05) is 34.7 Å². The Balaban J connectivity index is 2.30. The third-order valence-electron chi connectivity index (χ3n) is 4.71. The smallest absolute Gasteiger partial charge is 0.408 e. The molecule has 0 saturated carbocycles. The first-order valence-corrected chi connectivity index (χ1v) is 10.7. The van der Waals surface area contributed by atoms with Crippen LogP contribution in [0, 0.1) is 0 Å². The van der Waals surface area contributed by atoms with Gasteiger partial charge in [-0.25, -0.2) is 14.6 Å². The van der Waals surface area contributed by atoms with Crippen LogP contribution in [0.25, 0.3) is 11.0 Å². The number of aliphatic hydroxyl groups is 2. The summed E-state index contributed by atoms with van der Waals surface area (Å²) in [6, 6.07) is 4.69. The van der Waals surface area contributed by atoms with Crippen LogP contribution in [0.5, 0.6) is 0 Å². The number of carbonyl (C=O) groups excluding carboxylic acids is 2. The third-order valence-corrected chi connectivity index (χ3v) is 4.71. The topological polar surface area (TPSA) is 126 Å². The van der Waals surface area contributed by atoms with E-state index in [0.717, 1.165) is 11.2 Å². The number of aliphatic hydroxyl groups excluding tert-OH is 2. The summed E-state index contributed by atoms with van der Waals surface area (Å²) < 4.78 is 12.3. The molecule has 32 heavy (non-hydrogen) atoms. The average Bonchev–Trinajstić information content (AvgIpc) is 3.01. The van der Waals surface area contributed by atoms with E-state index in [4.69, 9.17) is 9.47 Å². The summed E-state index contributed by atoms with van der Waals surface area (Å²) in [6.45, 7) is 7.80. The molecule has 0 bridgehead atoms. The third kappa shape index (κ3) is 6.83. The summed E-state index contributed by atoms with van der Waals surface area (Å²) in [5.41, 5.74) is 1.66. The molecule has 3 N–H and O–H groups in total. The van der Waals surface area contributed by atoms with Crippen molar-refractivity contribution in [3.63, 3.8) is 0 Å². The number of nitrogens with zero attached hydrogens (tertiary/aromatic N) is 3. The van der Waals surface area contributed by atoms with E-state index < -0.39 is 23.7 Å². The minimum atomic E-state index is -0.958. The van der Waals surface area contributed by atoms with Crippen LogP contribution in [0.3, 0.4) is 0 Å². The number of anilines is 1. The summed E-state index contributed by atoms with van der Waals surface area (Å²) >= 11 is 0. The molecule has 0 aliphatic heterocycles. The van der Waals surface area contributed by atoms with E-state index in [0.29, 0.717) is 24.4 Å². The van der Waals surface area contributed by atoms with E-state index in [1.54, 1.807) is 27.7 Å². The van der Waals surface area contributed by atoms with Crippen LogP contribution >= 0.6 is 0 Å². The highest BCUT2D eigenvalue weighted by Gasteiger charge is 2.27. The Morgan fingerprint density at radius 2 is 1.88 bits per heavy atom. The highest BCUT2D eigenvalue weighted by atomic mass is 16.6. The number of alkyl carbamates (subject to hydrolysis) is 1. The van der Waals surface area contributed by atoms with E-state index in [2.05, 4.69) is 10.3 Å². The largest absolute Gasteiger partial charge is 0.464 e. The predicted molar refractivity (Wildman–Crippen MR) is 121 cm³/mol. The molecular weight excluding hydrogens is 416 g/mol. The Morgan fingerprint density at radius 3 is 2.44 bits per heavy atom. The fourth-order valence-electron chi connectivity index (χ4n) is 3.30. The quantitative estimate of drug-likeness (QED) is 0.463. The molecule has 2 aromatic rings. The van der Waals surface area contributed by atoms with Gasteiger partial charge in [-0.1, -0.05) is 0 Å². The molecule has 1 atom stereocenters. The van der Waals surface area contributed by atoms with Crippen molar-refractivity contribution in [3.8, 4) is 0 Å². The van der Waals surface area contributed by atoms with Crippen molar-refractivity contribution in [1.82, 2.24) is 14.9 Å². The molecule has 1 aromatic carbocycles. The number of ether oxygens (including phenoxy) is 2. The maximum atomic E-state index is 12.5. The maximum Gasteiger partial charge on any atom is 0.408 e. The van der Waals surface area contributed by atoms with E-state index in [9.17, 15) is 19.8 Å². The van der Waals surface area contributed by atoms with Gasteiger partial charge in [-0.15, -0.1) is 0 Å². The lowest BCUT2D eigenvalue weighted by Gasteiger charge is -2.22. The number of benzene rings is 1. The molecule has 1 unspecified atom stereocenters. The van der Waals surface area contributed by atoms with E-state index in [-0.39, 0.29) is 26.2 Å². The van der Waals surface area contributed by atoms with Gasteiger partial charge in [-0.05, 0) is 45.9 Å². The van der Waals surface area contributed by atoms with Crippen LogP contribution in [-0.4, -0.2) is 76.4 Å². The van der Waals surface area contributed by atoms with Gasteiger partial charge < -0.3 is 34.5 Å². The molecule has 1 amide bonds. The van der Waals surface area contributed by atoms with Gasteiger partial charge in [0.15, 0.2) is 0 Å². The average molecular weight is 451 g/mol. The summed E-state index contributed by atoms with van der Waals surface area (Å²) in [7, 11) is 1.83. The Labute approximate surface area is 188 Å². The molecule has 1 heterocycles. The number of rotatable bonds is 10. The van der Waals surface area contributed by atoms with Crippen LogP contribution in [0.4, 0.5) is 10.5 Å². The molecule has 2 rings (SSSR count). The first kappa shape index (κ1) is 25.4. The number of aromatic nitrogens is 2. The summed E-state index contributed by atoms with van der Waals surface area (Å²) in [5, 5.41) is 21.2. The first-order valence-electron chi connectivity index (χ1n) is 10.7. The van der Waals surface area contributed by atoms with Crippen LogP contribution in [0.2, 0.25) is 0 Å². The predicted octanol–water partition coefficient (Wildman–Crippen LogP) is 1.36. The molecule has 0 fully saturated rings. The van der Waals surface area contributed by atoms with Crippen molar-refractivity contribution in [2.24, 2.45) is 7.05 Å². The molecule has 1 aromatic heterocycles. The number of imidazole rings is 1. The van der Waals surface area contributed by atoms with Crippen molar-refractivity contribution < 1.29 is 29.3 Å². The van der Waals surface area contributed by atoms with E-state index >= 15 is 0 Å². The van der Waals surface area contributed by atoms with Crippen molar-refractivity contribution in [2.75, 3.05) is 37.8 Å². The zero-order valence-electron chi connectivity index (χ0n) is 19.4. The SMILES string of the molecule is CCOC(=O)C(Cc1nc2cc(N(CCO)CCO)ccc2n1C)NC(=O)OC(C)(C)C. The maximum absolute atomic E-state index is 12.5. The second-order valence-corrected chi connectivity index (χ2v) is 8.35. The van der Waals surface area contributed by atoms with Gasteiger partial charge in [0.25, 0.3) is 0 Å². The number of hydrogen-bond acceptors (Lipinski definition) is 8. The van der Waals surface area contributed by atoms with Crippen molar-refractivity contribution >= 4 is 28.8 Å². The van der Waals surface area contributed by atoms with Crippen LogP contribution in [0.15, 0.2) is 18.2 Å². The molecule has 0 saturated heterocycles. The highest BCUT2D eigenvalue weighted by Crippen LogP contribution is 2.23. The fraction of sp³-hybridized carbons (Fsp3) is 0.591. The normalized spacial score (nSPS) is 12.5. The van der Waals surface area contributed by atoms with E-state index in [1.165, 1.54) is 0 Å². The number of esters is 1. The van der Waals surface area contributed by atoms with Gasteiger partial charge >= 0.3 is 12.1 Å². The molecule has 0 spiro atoms. The number of fused-ring (bicyclic) bond motifs is 1. The monoisotopic (exact) mass is 450 g/mol. The Hall–Kier alpha value is -2.85. The number of hydrogen-bond donors (Lipinski definition) is 3. The lowest BCUT2D eigenvalue weighted by Crippen LogP contribution is -2.45. The Kier molecular flexibility index (Phi) is 8.85. The van der Waals surface area contributed by atoms with Gasteiger partial charge in [-0.3, -0.25) is 0 Å². The highest BCUT2D eigenvalue weighted by molar-refractivity contribution is 5.83. The minimum Gasteiger partial charge on any atom is -0.464 e. The van der Waals surface area contributed by atoms with Gasteiger partial charge in [0, 0.05) is 32.2 Å². The molecule has 0 radical (unpaired) electrons. The second-order valence-electron chi connectivity index (χ2n) is 8.35. The van der Waals surface area contributed by atoms with Gasteiger partial charge in [0.2, 0.25) is 0 Å². The van der Waals surface area contributed by atoms with Crippen LogP contribution in [0.1, 0.15) is 33.5 Å². The van der Waals surface area contributed by atoms with Crippen molar-refractivity contribution in [3.05, 3.63) is 24.0 Å². The summed E-state index contributed by atoms with van der Waals surface area (Å²) in [5.74, 6) is 0.0188. The molecule has 10 heteroatoms. The summed E-state index contributed by atoms with van der Waals surface area (Å²) in [6.07, 6.45) is -0.587. The standard InChI is InChI=1S/C22H34N4O6/c1-6-31-20(29)17(24-21(30)32-22(2,3)4)14-19-23-16-13-15(7-8-18(16)25(19)5)26(9-11-27)10-12-28/h7-8,13,17,27-28H,6,9-12,14H2,1-5H3,(H,24,30). The van der Waals surface area contributed by atoms with Gasteiger partial charge in [0.1, 0.15) is 17.5 Å². The number of amides is 1. The molecule has 10 nitrogen and oxygen atoms in total. The van der Waals surface area contributed by atoms with Crippen LogP contribution < -0.4 is 10.2 Å². The van der Waals surface area contributed by atoms with Crippen LogP contribution in [-0.2, 0) is 27.7 Å². The Morgan fingerprint density at radius 1 is 1.22 bits per heavy atom. The van der Waals surface area contributed by atoms with Gasteiger partial charge in [0.05, 0.1) is 30.9 Å². The van der Waals surface area contributed by atoms with Crippen molar-refractivity contribution in [1.29, 1.82) is 0 Å². The lowest BCUT2D eigenvalue weighted by atomic mass is 10.2. The lowest BCUT2D eigenvalue weighted by molar-refractivity contribution is -0.145. The minimum absolute atomic E-state index is 0.0386. The number of nitrogens with one attached hydrogen (secondary N) is 1. The Bertz CT molecular complexity index is 915. The molecular formula is C22H34N4O6. The molecule has 178 valence electrons. The zero-order chi connectivity index (χ0) is 23.9. The fourth-order valence-corrected chi connectivity index (χ4v) is 3.30. The number of carbonyl (C=O) groups is 2. The number of aryl methyl sites for hydroxylation is 1. The zero-order valence-corrected chi connectivity index (χ0v) is 19.4. The molecule has 0 aliphatic rings. The first-order chi connectivity index (χ1) is 15.1. The summed E-state index contributed by atoms with van der Waals surface area (Å²) in [4.78, 5) is 31.2. The molecule has 0 aliphatic carbocycles. The van der Waals surface area contributed by atoms with Crippen molar-refractivity contribution in [2.45, 2.75) is 45.8 Å². The second kappa shape index (κ2) is 11.1. The van der Waals surface area contributed by atoms with Gasteiger partial charge in [-0.2, -0.15) is 0 Å².